The molecule has 0 unspecified atom stereocenters. The molecular formula is C18H41N2Si2. The molecule has 0 aromatic heterocycles. The summed E-state index contributed by atoms with van der Waals surface area (Å²) < 4.78 is 3.25. The average Bonchev–Trinajstić information content (AvgIpc) is 2.76. The van der Waals surface area contributed by atoms with Gasteiger partial charge in [0, 0.05) is 6.54 Å². The van der Waals surface area contributed by atoms with Gasteiger partial charge in [-0.2, -0.15) is 0 Å². The number of rotatable bonds is 12. The van der Waals surface area contributed by atoms with Crippen LogP contribution in [0.2, 0.25) is 36.3 Å². The van der Waals surface area contributed by atoms with Gasteiger partial charge >= 0.3 is 0 Å². The summed E-state index contributed by atoms with van der Waals surface area (Å²) >= 11 is 0. The molecule has 0 saturated carbocycles. The van der Waals surface area contributed by atoms with Crippen molar-refractivity contribution in [1.29, 1.82) is 0 Å². The Kier molecular flexibility index (Phi) is 9.52. The summed E-state index contributed by atoms with van der Waals surface area (Å²) in [6, 6.07) is 9.43. The van der Waals surface area contributed by atoms with Crippen LogP contribution in [0.25, 0.3) is 0 Å². The molecule has 131 valence electrons. The standard InChI is InChI=1S/C18H41N2Si2/c1-6-13-21(14-7-2)17-18-22(15-8-3,16-9-4)20(21)12-11-19-10-5/h19H,5-18H2,1-4H3. The SMILES string of the molecule is [CH2]CNCCN1[Si](CCC)(CCC)CC[Si]1(CCC)CCC. The highest BCUT2D eigenvalue weighted by molar-refractivity contribution is 6.97. The summed E-state index contributed by atoms with van der Waals surface area (Å²) in [5.41, 5.74) is 0. The summed E-state index contributed by atoms with van der Waals surface area (Å²) in [7, 11) is -2.37. The third-order valence-corrected chi connectivity index (χ3v) is 19.9. The van der Waals surface area contributed by atoms with Gasteiger partial charge in [-0.3, -0.25) is 0 Å². The van der Waals surface area contributed by atoms with Crippen LogP contribution in [0.1, 0.15) is 53.4 Å². The molecule has 0 atom stereocenters. The van der Waals surface area contributed by atoms with E-state index in [2.05, 4.69) is 44.2 Å². The molecule has 1 aliphatic rings. The van der Waals surface area contributed by atoms with Gasteiger partial charge in [-0.05, 0) is 56.3 Å². The van der Waals surface area contributed by atoms with Crippen LogP contribution < -0.4 is 5.32 Å². The van der Waals surface area contributed by atoms with Gasteiger partial charge < -0.3 is 9.55 Å². The van der Waals surface area contributed by atoms with Crippen molar-refractivity contribution in [2.75, 3.05) is 19.6 Å². The zero-order valence-electron chi connectivity index (χ0n) is 15.8. The maximum absolute atomic E-state index is 3.96. The first-order valence-electron chi connectivity index (χ1n) is 9.92. The third-order valence-electron chi connectivity index (χ3n) is 5.75. The largest absolute Gasteiger partial charge is 0.344 e. The van der Waals surface area contributed by atoms with Crippen molar-refractivity contribution >= 4 is 16.5 Å². The van der Waals surface area contributed by atoms with E-state index in [0.717, 1.165) is 13.1 Å². The van der Waals surface area contributed by atoms with Gasteiger partial charge in [0.15, 0.2) is 0 Å². The minimum atomic E-state index is -1.19. The summed E-state index contributed by atoms with van der Waals surface area (Å²) in [6.07, 6.45) is 5.59. The second-order valence-electron chi connectivity index (χ2n) is 7.35. The number of nitrogens with zero attached hydrogens (tertiary/aromatic N) is 1. The Labute approximate surface area is 142 Å². The van der Waals surface area contributed by atoms with Crippen molar-refractivity contribution in [2.24, 2.45) is 0 Å². The lowest BCUT2D eigenvalue weighted by molar-refractivity contribution is 0.556. The average molecular weight is 342 g/mol. The normalized spacial score (nSPS) is 20.6. The maximum atomic E-state index is 3.96. The predicted octanol–water partition coefficient (Wildman–Crippen LogP) is 5.26. The van der Waals surface area contributed by atoms with Crippen molar-refractivity contribution in [1.82, 2.24) is 9.55 Å². The van der Waals surface area contributed by atoms with E-state index < -0.39 is 16.5 Å². The molecule has 1 fully saturated rings. The Hall–Kier alpha value is 0.354. The van der Waals surface area contributed by atoms with Crippen LogP contribution in [0.15, 0.2) is 0 Å². The first kappa shape index (κ1) is 20.4. The molecule has 1 saturated heterocycles. The molecule has 1 rings (SSSR count). The lowest BCUT2D eigenvalue weighted by atomic mass is 10.6. The Morgan fingerprint density at radius 3 is 1.55 bits per heavy atom. The van der Waals surface area contributed by atoms with E-state index in [1.54, 1.807) is 36.3 Å². The van der Waals surface area contributed by atoms with Gasteiger partial charge in [0.05, 0.1) is 0 Å². The van der Waals surface area contributed by atoms with Crippen molar-refractivity contribution < 1.29 is 0 Å². The summed E-state index contributed by atoms with van der Waals surface area (Å²) in [4.78, 5) is 0. The highest BCUT2D eigenvalue weighted by atomic mass is 28.4. The molecule has 0 spiro atoms. The van der Waals surface area contributed by atoms with E-state index in [4.69, 9.17) is 0 Å². The van der Waals surface area contributed by atoms with Gasteiger partial charge in [-0.25, -0.2) is 0 Å². The van der Waals surface area contributed by atoms with E-state index in [1.165, 1.54) is 32.2 Å². The van der Waals surface area contributed by atoms with Gasteiger partial charge in [-0.1, -0.05) is 53.4 Å². The van der Waals surface area contributed by atoms with Crippen LogP contribution in [-0.4, -0.2) is 40.3 Å². The van der Waals surface area contributed by atoms with Crippen LogP contribution in [0, 0.1) is 6.92 Å². The molecule has 1 radical (unpaired) electrons. The topological polar surface area (TPSA) is 15.3 Å². The Bertz CT molecular complexity index is 261. The molecule has 1 heterocycles. The third kappa shape index (κ3) is 4.68. The van der Waals surface area contributed by atoms with Gasteiger partial charge in [0.25, 0.3) is 0 Å². The van der Waals surface area contributed by atoms with E-state index >= 15 is 0 Å². The van der Waals surface area contributed by atoms with E-state index in [1.807, 2.05) is 0 Å². The van der Waals surface area contributed by atoms with Crippen LogP contribution >= 0.6 is 0 Å². The fraction of sp³-hybridized carbons (Fsp3) is 0.944. The first-order valence-corrected chi connectivity index (χ1v) is 15.1. The highest BCUT2D eigenvalue weighted by Crippen LogP contribution is 2.47. The number of hydrogen-bond acceptors (Lipinski definition) is 2. The zero-order valence-corrected chi connectivity index (χ0v) is 17.8. The van der Waals surface area contributed by atoms with Crippen molar-refractivity contribution in [2.45, 2.75) is 89.6 Å². The fourth-order valence-electron chi connectivity index (χ4n) is 5.18. The number of hydrogen-bond donors (Lipinski definition) is 1. The molecule has 0 amide bonds. The smallest absolute Gasteiger partial charge is 0.121 e. The van der Waals surface area contributed by atoms with Gasteiger partial charge in [0.1, 0.15) is 16.5 Å². The quantitative estimate of drug-likeness (QED) is 0.385. The first-order chi connectivity index (χ1) is 10.6. The fourth-order valence-corrected chi connectivity index (χ4v) is 23.0. The molecule has 0 aromatic carbocycles. The molecule has 0 aromatic rings. The molecule has 0 bridgehead atoms. The molecular weight excluding hydrogens is 300 g/mol. The second kappa shape index (κ2) is 10.3. The van der Waals surface area contributed by atoms with Crippen LogP contribution in [-0.2, 0) is 0 Å². The Balaban J connectivity index is 3.04. The molecule has 22 heavy (non-hydrogen) atoms. The van der Waals surface area contributed by atoms with Crippen LogP contribution in [0.3, 0.4) is 0 Å². The van der Waals surface area contributed by atoms with E-state index in [0.29, 0.717) is 0 Å². The Morgan fingerprint density at radius 1 is 0.818 bits per heavy atom. The summed E-state index contributed by atoms with van der Waals surface area (Å²) in [5, 5.41) is 3.51. The van der Waals surface area contributed by atoms with Gasteiger partial charge in [0.2, 0.25) is 0 Å². The minimum absolute atomic E-state index is 0.875. The lowest BCUT2D eigenvalue weighted by Crippen LogP contribution is -2.61. The van der Waals surface area contributed by atoms with E-state index in [-0.39, 0.29) is 0 Å². The predicted molar refractivity (Wildman–Crippen MR) is 106 cm³/mol. The molecule has 1 N–H and O–H groups in total. The molecule has 1 aliphatic heterocycles. The van der Waals surface area contributed by atoms with E-state index in [9.17, 15) is 0 Å². The lowest BCUT2D eigenvalue weighted by Gasteiger charge is -2.46. The highest BCUT2D eigenvalue weighted by Gasteiger charge is 2.54. The van der Waals surface area contributed by atoms with Crippen LogP contribution in [0.4, 0.5) is 0 Å². The monoisotopic (exact) mass is 341 g/mol. The Morgan fingerprint density at radius 2 is 1.23 bits per heavy atom. The van der Waals surface area contributed by atoms with Crippen molar-refractivity contribution in [3.8, 4) is 0 Å². The minimum Gasteiger partial charge on any atom is -0.344 e. The van der Waals surface area contributed by atoms with Crippen molar-refractivity contribution in [3.05, 3.63) is 6.92 Å². The second-order valence-corrected chi connectivity index (χ2v) is 16.8. The van der Waals surface area contributed by atoms with Gasteiger partial charge in [-0.15, -0.1) is 0 Å². The zero-order chi connectivity index (χ0) is 16.5. The molecule has 0 aliphatic carbocycles. The summed E-state index contributed by atoms with van der Waals surface area (Å²) in [6.45, 7) is 17.0. The van der Waals surface area contributed by atoms with Crippen molar-refractivity contribution in [3.63, 3.8) is 0 Å². The summed E-state index contributed by atoms with van der Waals surface area (Å²) in [5.74, 6) is 0. The maximum Gasteiger partial charge on any atom is 0.121 e. The molecule has 4 heteroatoms. The molecule has 2 nitrogen and oxygen atoms in total. The van der Waals surface area contributed by atoms with Crippen LogP contribution in [0.5, 0.6) is 0 Å². The number of nitrogens with one attached hydrogen (secondary N) is 1.